The summed E-state index contributed by atoms with van der Waals surface area (Å²) in [4.78, 5) is 15.7. The number of hydrogen-bond donors (Lipinski definition) is 1. The number of fused-ring (bicyclic) bond motifs is 1. The van der Waals surface area contributed by atoms with Gasteiger partial charge in [-0.05, 0) is 32.4 Å². The number of nitrogens with zero attached hydrogens (tertiary/aromatic N) is 2. The van der Waals surface area contributed by atoms with Crippen molar-refractivity contribution in [2.24, 2.45) is 0 Å². The van der Waals surface area contributed by atoms with E-state index >= 15 is 0 Å². The summed E-state index contributed by atoms with van der Waals surface area (Å²) in [5.74, 6) is -0.293. The quantitative estimate of drug-likeness (QED) is 0.886. The fourth-order valence-electron chi connectivity index (χ4n) is 3.26. The van der Waals surface area contributed by atoms with Crippen LogP contribution in [0, 0.1) is 0 Å². The molecule has 3 rings (SSSR count). The van der Waals surface area contributed by atoms with Crippen LogP contribution in [0.5, 0.6) is 0 Å². The molecule has 2 aliphatic rings. The number of furan rings is 1. The van der Waals surface area contributed by atoms with Gasteiger partial charge in [-0.2, -0.15) is 0 Å². The second kappa shape index (κ2) is 4.89. The highest BCUT2D eigenvalue weighted by atomic mass is 16.4. The van der Waals surface area contributed by atoms with Crippen molar-refractivity contribution in [3.63, 3.8) is 0 Å². The topological polar surface area (TPSA) is 56.9 Å². The van der Waals surface area contributed by atoms with Gasteiger partial charge in [0.15, 0.2) is 5.88 Å². The van der Waals surface area contributed by atoms with Crippen LogP contribution in [0.1, 0.15) is 36.7 Å². The Morgan fingerprint density at radius 1 is 1.37 bits per heavy atom. The molecule has 104 valence electrons. The number of piperidine rings is 1. The summed E-state index contributed by atoms with van der Waals surface area (Å²) >= 11 is 0. The first-order chi connectivity index (χ1) is 9.15. The lowest BCUT2D eigenvalue weighted by Gasteiger charge is -2.47. The summed E-state index contributed by atoms with van der Waals surface area (Å²) in [7, 11) is 0. The van der Waals surface area contributed by atoms with Crippen LogP contribution < -0.4 is 4.90 Å². The van der Waals surface area contributed by atoms with E-state index in [4.69, 9.17) is 9.52 Å². The fourth-order valence-corrected chi connectivity index (χ4v) is 3.26. The lowest BCUT2D eigenvalue weighted by molar-refractivity contribution is 0.0661. The van der Waals surface area contributed by atoms with E-state index in [2.05, 4.69) is 16.7 Å². The summed E-state index contributed by atoms with van der Waals surface area (Å²) in [5, 5.41) is 8.93. The third-order valence-corrected chi connectivity index (χ3v) is 4.27. The van der Waals surface area contributed by atoms with Crippen molar-refractivity contribution < 1.29 is 14.3 Å². The number of aromatic carboxylic acids is 1. The van der Waals surface area contributed by atoms with Crippen LogP contribution in [0.2, 0.25) is 0 Å². The second-order valence-corrected chi connectivity index (χ2v) is 5.59. The zero-order valence-corrected chi connectivity index (χ0v) is 11.2. The largest absolute Gasteiger partial charge is 0.475 e. The summed E-state index contributed by atoms with van der Waals surface area (Å²) in [5.41, 5.74) is 0. The Morgan fingerprint density at radius 2 is 2.21 bits per heavy atom. The summed E-state index contributed by atoms with van der Waals surface area (Å²) in [6.07, 6.45) is 3.82. The van der Waals surface area contributed by atoms with Gasteiger partial charge in [0.05, 0.1) is 0 Å². The monoisotopic (exact) mass is 264 g/mol. The molecule has 0 aliphatic carbocycles. The maximum Gasteiger partial charge on any atom is 0.371 e. The maximum atomic E-state index is 10.9. The van der Waals surface area contributed by atoms with Gasteiger partial charge < -0.3 is 14.4 Å². The number of rotatable bonds is 2. The Morgan fingerprint density at radius 3 is 2.95 bits per heavy atom. The van der Waals surface area contributed by atoms with E-state index in [-0.39, 0.29) is 5.76 Å². The standard InChI is InChI=1S/C14H20N2O3/c1-10-8-15-7-3-2-4-11(15)9-16(10)13-6-5-12(19-13)14(17)18/h5-6,10-11H,2-4,7-9H2,1H3,(H,17,18). The number of carboxylic acids is 1. The molecule has 5 heteroatoms. The van der Waals surface area contributed by atoms with Crippen LogP contribution in [0.25, 0.3) is 0 Å². The fraction of sp³-hybridized carbons (Fsp3) is 0.643. The van der Waals surface area contributed by atoms with Crippen molar-refractivity contribution in [2.45, 2.75) is 38.3 Å². The molecular weight excluding hydrogens is 244 g/mol. The van der Waals surface area contributed by atoms with E-state index in [9.17, 15) is 4.79 Å². The SMILES string of the molecule is CC1CN2CCCCC2CN1c1ccc(C(=O)O)o1. The molecule has 3 heterocycles. The zero-order valence-electron chi connectivity index (χ0n) is 11.2. The van der Waals surface area contributed by atoms with Crippen LogP contribution in [-0.4, -0.2) is 47.7 Å². The lowest BCUT2D eigenvalue weighted by atomic mass is 9.97. The molecule has 2 fully saturated rings. The molecule has 2 saturated heterocycles. The van der Waals surface area contributed by atoms with Crippen molar-refractivity contribution in [3.05, 3.63) is 17.9 Å². The molecule has 19 heavy (non-hydrogen) atoms. The third kappa shape index (κ3) is 2.34. The highest BCUT2D eigenvalue weighted by Crippen LogP contribution is 2.29. The Balaban J connectivity index is 1.77. The highest BCUT2D eigenvalue weighted by Gasteiger charge is 2.34. The summed E-state index contributed by atoms with van der Waals surface area (Å²) in [6.45, 7) is 5.34. The van der Waals surface area contributed by atoms with Gasteiger partial charge in [-0.15, -0.1) is 0 Å². The van der Waals surface area contributed by atoms with Crippen LogP contribution in [0.4, 0.5) is 5.88 Å². The molecule has 0 amide bonds. The molecule has 2 atom stereocenters. The highest BCUT2D eigenvalue weighted by molar-refractivity contribution is 5.84. The van der Waals surface area contributed by atoms with E-state index in [0.29, 0.717) is 18.0 Å². The van der Waals surface area contributed by atoms with E-state index in [1.54, 1.807) is 6.07 Å². The third-order valence-electron chi connectivity index (χ3n) is 4.27. The molecule has 0 aromatic carbocycles. The minimum Gasteiger partial charge on any atom is -0.475 e. The lowest BCUT2D eigenvalue weighted by Crippen LogP contribution is -2.58. The molecular formula is C14H20N2O3. The van der Waals surface area contributed by atoms with E-state index in [0.717, 1.165) is 13.1 Å². The summed E-state index contributed by atoms with van der Waals surface area (Å²) in [6, 6.07) is 4.27. The zero-order chi connectivity index (χ0) is 13.4. The average molecular weight is 264 g/mol. The Hall–Kier alpha value is -1.49. The normalized spacial score (nSPS) is 28.2. The molecule has 5 nitrogen and oxygen atoms in total. The van der Waals surface area contributed by atoms with Gasteiger partial charge in [-0.3, -0.25) is 4.90 Å². The molecule has 0 saturated carbocycles. The van der Waals surface area contributed by atoms with Crippen molar-refractivity contribution >= 4 is 11.9 Å². The van der Waals surface area contributed by atoms with Crippen molar-refractivity contribution in [1.82, 2.24) is 4.90 Å². The predicted octanol–water partition coefficient (Wildman–Crippen LogP) is 2.04. The molecule has 0 spiro atoms. The smallest absolute Gasteiger partial charge is 0.371 e. The van der Waals surface area contributed by atoms with Gasteiger partial charge in [0.1, 0.15) is 0 Å². The number of anilines is 1. The predicted molar refractivity (Wildman–Crippen MR) is 71.7 cm³/mol. The van der Waals surface area contributed by atoms with E-state index < -0.39 is 5.97 Å². The van der Waals surface area contributed by atoms with Gasteiger partial charge in [0.25, 0.3) is 0 Å². The van der Waals surface area contributed by atoms with Crippen molar-refractivity contribution in [1.29, 1.82) is 0 Å². The van der Waals surface area contributed by atoms with Crippen LogP contribution in [-0.2, 0) is 0 Å². The Kier molecular flexibility index (Phi) is 3.22. The van der Waals surface area contributed by atoms with Crippen molar-refractivity contribution in [3.8, 4) is 0 Å². The minimum atomic E-state index is -1.00. The molecule has 2 unspecified atom stereocenters. The van der Waals surface area contributed by atoms with Gasteiger partial charge in [0, 0.05) is 31.2 Å². The maximum absolute atomic E-state index is 10.9. The van der Waals surface area contributed by atoms with Crippen LogP contribution >= 0.6 is 0 Å². The molecule has 1 N–H and O–H groups in total. The molecule has 1 aromatic heterocycles. The number of hydrogen-bond acceptors (Lipinski definition) is 4. The molecule has 0 radical (unpaired) electrons. The minimum absolute atomic E-state index is 0.0215. The van der Waals surface area contributed by atoms with Gasteiger partial charge >= 0.3 is 5.97 Å². The Bertz CT molecular complexity index is 471. The van der Waals surface area contributed by atoms with Gasteiger partial charge in [0.2, 0.25) is 5.76 Å². The molecule has 1 aromatic rings. The van der Waals surface area contributed by atoms with Gasteiger partial charge in [-0.1, -0.05) is 6.42 Å². The first kappa shape index (κ1) is 12.5. The number of carbonyl (C=O) groups is 1. The molecule has 2 aliphatic heterocycles. The van der Waals surface area contributed by atoms with Crippen molar-refractivity contribution in [2.75, 3.05) is 24.5 Å². The summed E-state index contributed by atoms with van der Waals surface area (Å²) < 4.78 is 5.44. The van der Waals surface area contributed by atoms with Crippen LogP contribution in [0.3, 0.4) is 0 Å². The van der Waals surface area contributed by atoms with Gasteiger partial charge in [-0.25, -0.2) is 4.79 Å². The number of piperazine rings is 1. The average Bonchev–Trinajstić information content (AvgIpc) is 2.87. The van der Waals surface area contributed by atoms with E-state index in [1.807, 2.05) is 0 Å². The second-order valence-electron chi connectivity index (χ2n) is 5.59. The first-order valence-electron chi connectivity index (χ1n) is 6.99. The Labute approximate surface area is 112 Å². The molecule has 0 bridgehead atoms. The first-order valence-corrected chi connectivity index (χ1v) is 6.99. The van der Waals surface area contributed by atoms with E-state index in [1.165, 1.54) is 31.9 Å². The van der Waals surface area contributed by atoms with Crippen LogP contribution in [0.15, 0.2) is 16.5 Å². The number of carboxylic acid groups (broad SMARTS) is 1.